The van der Waals surface area contributed by atoms with E-state index in [1.807, 2.05) is 60.8 Å². The van der Waals surface area contributed by atoms with Gasteiger partial charge in [0.05, 0.1) is 12.2 Å². The average molecular weight is 346 g/mol. The van der Waals surface area contributed by atoms with Gasteiger partial charge < -0.3 is 4.90 Å². The molecule has 1 atom stereocenters. The van der Waals surface area contributed by atoms with Gasteiger partial charge >= 0.3 is 6.03 Å². The molecule has 0 saturated carbocycles. The molecule has 0 radical (unpaired) electrons. The van der Waals surface area contributed by atoms with E-state index in [0.717, 1.165) is 11.1 Å². The number of rotatable bonds is 4. The Morgan fingerprint density at radius 2 is 1.81 bits per heavy atom. The number of urea groups is 1. The van der Waals surface area contributed by atoms with Crippen LogP contribution in [-0.2, 0) is 11.3 Å². The normalized spacial score (nSPS) is 17.2. The van der Waals surface area contributed by atoms with Crippen molar-refractivity contribution in [2.24, 2.45) is 0 Å². The van der Waals surface area contributed by atoms with Crippen molar-refractivity contribution in [2.75, 3.05) is 11.9 Å². The average Bonchev–Trinajstić information content (AvgIpc) is 3.23. The van der Waals surface area contributed by atoms with Crippen LogP contribution < -0.4 is 4.90 Å². The number of aromatic nitrogens is 2. The zero-order valence-electron chi connectivity index (χ0n) is 14.3. The third kappa shape index (κ3) is 2.75. The summed E-state index contributed by atoms with van der Waals surface area (Å²) in [5, 5.41) is 4.19. The Labute approximate surface area is 151 Å². The van der Waals surface area contributed by atoms with E-state index >= 15 is 0 Å². The summed E-state index contributed by atoms with van der Waals surface area (Å²) in [5.74, 6) is -0.236. The molecule has 1 saturated heterocycles. The van der Waals surface area contributed by atoms with Gasteiger partial charge in [-0.15, -0.1) is 0 Å². The molecule has 26 heavy (non-hydrogen) atoms. The Hall–Kier alpha value is -3.41. The van der Waals surface area contributed by atoms with Crippen molar-refractivity contribution in [1.82, 2.24) is 14.7 Å². The minimum atomic E-state index is -0.599. The van der Waals surface area contributed by atoms with Crippen molar-refractivity contribution in [3.8, 4) is 0 Å². The van der Waals surface area contributed by atoms with Crippen molar-refractivity contribution in [2.45, 2.75) is 12.6 Å². The molecular weight excluding hydrogens is 328 g/mol. The monoisotopic (exact) mass is 346 g/mol. The molecule has 4 rings (SSSR count). The topological polar surface area (TPSA) is 58.4 Å². The van der Waals surface area contributed by atoms with E-state index in [-0.39, 0.29) is 11.9 Å². The van der Waals surface area contributed by atoms with Crippen LogP contribution in [0.5, 0.6) is 0 Å². The molecule has 1 fully saturated rings. The molecule has 2 heterocycles. The number of nitrogens with zero attached hydrogens (tertiary/aromatic N) is 4. The number of carbonyl (C=O) groups excluding carboxylic acids is 2. The van der Waals surface area contributed by atoms with Gasteiger partial charge in [0.2, 0.25) is 0 Å². The molecule has 0 bridgehead atoms. The fourth-order valence-corrected chi connectivity index (χ4v) is 3.26. The molecule has 1 aliphatic rings. The first-order valence-electron chi connectivity index (χ1n) is 8.37. The number of hydrogen-bond acceptors (Lipinski definition) is 3. The van der Waals surface area contributed by atoms with Crippen LogP contribution in [0.2, 0.25) is 0 Å². The first kappa shape index (κ1) is 16.1. The number of anilines is 1. The van der Waals surface area contributed by atoms with Crippen molar-refractivity contribution < 1.29 is 9.59 Å². The van der Waals surface area contributed by atoms with E-state index in [1.165, 1.54) is 9.80 Å². The van der Waals surface area contributed by atoms with Crippen LogP contribution in [-0.4, -0.2) is 33.7 Å². The first-order valence-corrected chi connectivity index (χ1v) is 8.37. The predicted molar refractivity (Wildman–Crippen MR) is 97.6 cm³/mol. The third-order valence-electron chi connectivity index (χ3n) is 4.52. The maximum absolute atomic E-state index is 13.0. The van der Waals surface area contributed by atoms with E-state index in [0.29, 0.717) is 12.2 Å². The summed E-state index contributed by atoms with van der Waals surface area (Å²) in [6.07, 6.45) is 3.59. The molecule has 6 heteroatoms. The van der Waals surface area contributed by atoms with E-state index in [9.17, 15) is 9.59 Å². The van der Waals surface area contributed by atoms with Gasteiger partial charge in [0.25, 0.3) is 5.91 Å². The van der Waals surface area contributed by atoms with E-state index in [1.54, 1.807) is 24.0 Å². The Bertz CT molecular complexity index is 937. The van der Waals surface area contributed by atoms with Gasteiger partial charge in [-0.05, 0) is 29.3 Å². The van der Waals surface area contributed by atoms with Crippen molar-refractivity contribution in [3.05, 3.63) is 84.2 Å². The van der Waals surface area contributed by atoms with E-state index in [2.05, 4.69) is 5.10 Å². The predicted octanol–water partition coefficient (Wildman–Crippen LogP) is 3.07. The molecular formula is C20H18N4O2. The lowest BCUT2D eigenvalue weighted by molar-refractivity contribution is -0.119. The van der Waals surface area contributed by atoms with Gasteiger partial charge in [0.1, 0.15) is 6.04 Å². The number of imide groups is 1. The fraction of sp³-hybridized carbons (Fsp3) is 0.150. The van der Waals surface area contributed by atoms with E-state index < -0.39 is 6.04 Å². The van der Waals surface area contributed by atoms with Crippen molar-refractivity contribution in [1.29, 1.82) is 0 Å². The Balaban J connectivity index is 1.65. The number of carbonyl (C=O) groups is 2. The Morgan fingerprint density at radius 1 is 1.00 bits per heavy atom. The molecule has 6 nitrogen and oxygen atoms in total. The molecule has 0 spiro atoms. The molecule has 0 N–H and O–H groups in total. The highest BCUT2D eigenvalue weighted by molar-refractivity contribution is 6.21. The quantitative estimate of drug-likeness (QED) is 0.682. The molecule has 1 unspecified atom stereocenters. The summed E-state index contributed by atoms with van der Waals surface area (Å²) in [6.45, 7) is 0.578. The molecule has 0 aliphatic carbocycles. The van der Waals surface area contributed by atoms with Crippen LogP contribution in [0.15, 0.2) is 73.1 Å². The summed E-state index contributed by atoms with van der Waals surface area (Å²) in [6, 6.07) is 17.7. The summed E-state index contributed by atoms with van der Waals surface area (Å²) < 4.78 is 1.80. The number of benzene rings is 2. The van der Waals surface area contributed by atoms with Gasteiger partial charge in [-0.25, -0.2) is 9.69 Å². The third-order valence-corrected chi connectivity index (χ3v) is 4.52. The fourth-order valence-electron chi connectivity index (χ4n) is 3.26. The van der Waals surface area contributed by atoms with Crippen LogP contribution in [0.25, 0.3) is 0 Å². The summed E-state index contributed by atoms with van der Waals surface area (Å²) in [7, 11) is 1.66. The molecule has 2 aromatic carbocycles. The zero-order chi connectivity index (χ0) is 18.1. The minimum absolute atomic E-state index is 0.236. The number of amides is 3. The van der Waals surface area contributed by atoms with Crippen molar-refractivity contribution in [3.63, 3.8) is 0 Å². The lowest BCUT2D eigenvalue weighted by atomic mass is 10.1. The second-order valence-electron chi connectivity index (χ2n) is 6.25. The first-order chi connectivity index (χ1) is 12.6. The standard InChI is InChI=1S/C20H18N4O2/c1-22-18(16-8-3-2-4-9-16)19(25)24(20(22)26)17-10-5-7-15(13-17)14-23-12-6-11-21-23/h2-13,18H,14H2,1H3. The van der Waals surface area contributed by atoms with Gasteiger partial charge in [0.15, 0.2) is 0 Å². The van der Waals surface area contributed by atoms with Crippen LogP contribution in [0.4, 0.5) is 10.5 Å². The smallest absolute Gasteiger partial charge is 0.311 e. The summed E-state index contributed by atoms with van der Waals surface area (Å²) in [5.41, 5.74) is 2.36. The van der Waals surface area contributed by atoms with Gasteiger partial charge in [0, 0.05) is 19.4 Å². The van der Waals surface area contributed by atoms with Crippen molar-refractivity contribution >= 4 is 17.6 Å². The molecule has 3 amide bonds. The minimum Gasteiger partial charge on any atom is -0.311 e. The molecule has 1 aliphatic heterocycles. The van der Waals surface area contributed by atoms with E-state index in [4.69, 9.17) is 0 Å². The lowest BCUT2D eigenvalue weighted by Crippen LogP contribution is -2.31. The highest BCUT2D eigenvalue weighted by atomic mass is 16.2. The Morgan fingerprint density at radius 3 is 2.54 bits per heavy atom. The van der Waals surface area contributed by atoms with Gasteiger partial charge in [-0.1, -0.05) is 42.5 Å². The number of likely N-dealkylation sites (N-methyl/N-ethyl adjacent to an activating group) is 1. The Kier molecular flexibility index (Phi) is 4.01. The molecule has 3 aromatic rings. The SMILES string of the molecule is CN1C(=O)N(c2cccc(Cn3cccn3)c2)C(=O)C1c1ccccc1. The lowest BCUT2D eigenvalue weighted by Gasteiger charge is -2.16. The molecule has 1 aromatic heterocycles. The largest absolute Gasteiger partial charge is 0.332 e. The van der Waals surface area contributed by atoms with Crippen LogP contribution in [0.3, 0.4) is 0 Å². The summed E-state index contributed by atoms with van der Waals surface area (Å²) >= 11 is 0. The van der Waals surface area contributed by atoms with Crippen LogP contribution in [0.1, 0.15) is 17.2 Å². The van der Waals surface area contributed by atoms with Gasteiger partial charge in [-0.3, -0.25) is 9.48 Å². The van der Waals surface area contributed by atoms with Gasteiger partial charge in [-0.2, -0.15) is 5.10 Å². The van der Waals surface area contributed by atoms with Crippen LogP contribution in [0, 0.1) is 0 Å². The maximum Gasteiger partial charge on any atom is 0.332 e. The second kappa shape index (κ2) is 6.48. The zero-order valence-corrected chi connectivity index (χ0v) is 14.3. The number of hydrogen-bond donors (Lipinski definition) is 0. The highest BCUT2D eigenvalue weighted by Crippen LogP contribution is 2.33. The molecule has 130 valence electrons. The summed E-state index contributed by atoms with van der Waals surface area (Å²) in [4.78, 5) is 28.5. The maximum atomic E-state index is 13.0. The highest BCUT2D eigenvalue weighted by Gasteiger charge is 2.44. The van der Waals surface area contributed by atoms with Crippen LogP contribution >= 0.6 is 0 Å². The second-order valence-corrected chi connectivity index (χ2v) is 6.25.